The highest BCUT2D eigenvalue weighted by Gasteiger charge is 2.27. The van der Waals surface area contributed by atoms with Crippen molar-refractivity contribution in [2.75, 3.05) is 25.0 Å². The van der Waals surface area contributed by atoms with E-state index in [1.54, 1.807) is 12.1 Å². The number of nitrogens with zero attached hydrogens (tertiary/aromatic N) is 4. The van der Waals surface area contributed by atoms with Crippen molar-refractivity contribution in [1.82, 2.24) is 19.1 Å². The molecule has 2 heterocycles. The average Bonchev–Trinajstić information content (AvgIpc) is 3.52. The monoisotopic (exact) mass is 489 g/mol. The molecular formula is C21H20ClN5O5S. The van der Waals surface area contributed by atoms with Gasteiger partial charge in [-0.15, -0.1) is 0 Å². The first kappa shape index (κ1) is 22.9. The summed E-state index contributed by atoms with van der Waals surface area (Å²) in [5.41, 5.74) is 0.915. The van der Waals surface area contributed by atoms with Gasteiger partial charge in [0.1, 0.15) is 12.7 Å². The van der Waals surface area contributed by atoms with Gasteiger partial charge in [-0.25, -0.2) is 22.9 Å². The average molecular weight is 490 g/mol. The molecule has 1 amide bonds. The molecule has 10 nitrogen and oxygen atoms in total. The van der Waals surface area contributed by atoms with Crippen molar-refractivity contribution >= 4 is 39.2 Å². The van der Waals surface area contributed by atoms with Crippen LogP contribution in [0.5, 0.6) is 0 Å². The van der Waals surface area contributed by atoms with Crippen LogP contribution < -0.4 is 5.32 Å². The highest BCUT2D eigenvalue weighted by Crippen LogP contribution is 2.24. The first-order valence-electron chi connectivity index (χ1n) is 10.1. The summed E-state index contributed by atoms with van der Waals surface area (Å²) in [4.78, 5) is 28.7. The zero-order valence-corrected chi connectivity index (χ0v) is 18.9. The molecule has 0 radical (unpaired) electrons. The molecule has 0 saturated carbocycles. The van der Waals surface area contributed by atoms with Crippen LogP contribution in [0.4, 0.5) is 5.69 Å². The van der Waals surface area contributed by atoms with E-state index < -0.39 is 28.5 Å². The Kier molecular flexibility index (Phi) is 6.72. The highest BCUT2D eigenvalue weighted by molar-refractivity contribution is 7.89. The van der Waals surface area contributed by atoms with Gasteiger partial charge in [0.25, 0.3) is 5.91 Å². The lowest BCUT2D eigenvalue weighted by Crippen LogP contribution is -2.28. The second kappa shape index (κ2) is 9.69. The summed E-state index contributed by atoms with van der Waals surface area (Å²) < 4.78 is 33.4. The van der Waals surface area contributed by atoms with Crippen molar-refractivity contribution in [3.05, 3.63) is 65.7 Å². The Bertz CT molecular complexity index is 1270. The predicted octanol–water partition coefficient (Wildman–Crippen LogP) is 2.50. The lowest BCUT2D eigenvalue weighted by Gasteiger charge is -2.16. The van der Waals surface area contributed by atoms with E-state index in [0.29, 0.717) is 29.5 Å². The zero-order valence-electron chi connectivity index (χ0n) is 17.3. The van der Waals surface area contributed by atoms with E-state index in [1.165, 1.54) is 52.0 Å². The van der Waals surface area contributed by atoms with E-state index in [4.69, 9.17) is 16.3 Å². The van der Waals surface area contributed by atoms with Crippen molar-refractivity contribution in [3.8, 4) is 5.69 Å². The third-order valence-corrected chi connectivity index (χ3v) is 7.13. The Morgan fingerprint density at radius 1 is 1.12 bits per heavy atom. The fraction of sp³-hybridized carbons (Fsp3) is 0.238. The maximum atomic E-state index is 12.7. The van der Waals surface area contributed by atoms with Crippen LogP contribution in [0.1, 0.15) is 23.2 Å². The minimum atomic E-state index is -3.68. The number of nitrogens with one attached hydrogen (secondary N) is 1. The molecule has 3 aromatic rings. The molecule has 1 saturated heterocycles. The Morgan fingerprint density at radius 2 is 1.91 bits per heavy atom. The van der Waals surface area contributed by atoms with Crippen LogP contribution in [0.15, 0.2) is 60.0 Å². The molecule has 0 bridgehead atoms. The number of hydrogen-bond donors (Lipinski definition) is 1. The number of benzene rings is 2. The third kappa shape index (κ3) is 5.21. The molecule has 1 aliphatic rings. The van der Waals surface area contributed by atoms with E-state index >= 15 is 0 Å². The molecule has 1 aromatic heterocycles. The molecule has 0 unspecified atom stereocenters. The van der Waals surface area contributed by atoms with E-state index in [0.717, 1.165) is 12.8 Å². The fourth-order valence-electron chi connectivity index (χ4n) is 3.40. The van der Waals surface area contributed by atoms with E-state index in [-0.39, 0.29) is 10.5 Å². The number of amides is 1. The summed E-state index contributed by atoms with van der Waals surface area (Å²) in [6.07, 6.45) is 4.42. The molecule has 2 aromatic carbocycles. The number of esters is 1. The van der Waals surface area contributed by atoms with Gasteiger partial charge in [-0.2, -0.15) is 9.40 Å². The zero-order chi connectivity index (χ0) is 23.4. The van der Waals surface area contributed by atoms with E-state index in [9.17, 15) is 18.0 Å². The molecule has 1 fully saturated rings. The Labute approximate surface area is 195 Å². The van der Waals surface area contributed by atoms with Crippen LogP contribution in [0, 0.1) is 0 Å². The minimum absolute atomic E-state index is 0.0136. The standard InChI is InChI=1S/C21H20ClN5O5S/c22-16-6-7-19(27-14-23-13-24-27)18(11-16)25-20(28)12-32-21(29)15-4-3-5-17(10-15)33(30,31)26-8-1-2-9-26/h3-7,10-11,13-14H,1-2,8-9,12H2,(H,25,28). The fourth-order valence-corrected chi connectivity index (χ4v) is 5.14. The minimum Gasteiger partial charge on any atom is -0.452 e. The number of carbonyl (C=O) groups is 2. The molecular weight excluding hydrogens is 470 g/mol. The van der Waals surface area contributed by atoms with Gasteiger partial charge >= 0.3 is 5.97 Å². The topological polar surface area (TPSA) is 123 Å². The second-order valence-electron chi connectivity index (χ2n) is 7.26. The van der Waals surface area contributed by atoms with Gasteiger partial charge in [-0.3, -0.25) is 4.79 Å². The second-order valence-corrected chi connectivity index (χ2v) is 9.64. The van der Waals surface area contributed by atoms with Gasteiger partial charge in [0, 0.05) is 18.1 Å². The quantitative estimate of drug-likeness (QED) is 0.505. The molecule has 0 aliphatic carbocycles. The van der Waals surface area contributed by atoms with E-state index in [1.807, 2.05) is 0 Å². The van der Waals surface area contributed by atoms with Crippen molar-refractivity contribution in [2.24, 2.45) is 0 Å². The van der Waals surface area contributed by atoms with Crippen LogP contribution in [-0.2, 0) is 19.6 Å². The smallest absolute Gasteiger partial charge is 0.338 e. The van der Waals surface area contributed by atoms with Gasteiger partial charge in [-0.1, -0.05) is 17.7 Å². The number of aromatic nitrogens is 3. The Hall–Kier alpha value is -3.28. The number of anilines is 1. The summed E-state index contributed by atoms with van der Waals surface area (Å²) in [7, 11) is -3.68. The Morgan fingerprint density at radius 3 is 2.64 bits per heavy atom. The number of sulfonamides is 1. The van der Waals surface area contributed by atoms with E-state index in [2.05, 4.69) is 15.4 Å². The number of carbonyl (C=O) groups excluding carboxylic acids is 2. The lowest BCUT2D eigenvalue weighted by molar-refractivity contribution is -0.119. The normalized spacial score (nSPS) is 14.2. The summed E-state index contributed by atoms with van der Waals surface area (Å²) in [6, 6.07) is 10.4. The third-order valence-electron chi connectivity index (χ3n) is 5.01. The van der Waals surface area contributed by atoms with Crippen molar-refractivity contribution < 1.29 is 22.7 Å². The maximum absolute atomic E-state index is 12.7. The van der Waals surface area contributed by atoms with Gasteiger partial charge in [0.2, 0.25) is 10.0 Å². The summed E-state index contributed by atoms with van der Waals surface area (Å²) in [6.45, 7) is 0.333. The highest BCUT2D eigenvalue weighted by atomic mass is 35.5. The predicted molar refractivity (Wildman–Crippen MR) is 120 cm³/mol. The van der Waals surface area contributed by atoms with Crippen LogP contribution >= 0.6 is 11.6 Å². The molecule has 0 atom stereocenters. The Balaban J connectivity index is 1.42. The first-order chi connectivity index (χ1) is 15.8. The van der Waals surface area contributed by atoms with Crippen molar-refractivity contribution in [3.63, 3.8) is 0 Å². The van der Waals surface area contributed by atoms with Gasteiger partial charge in [0.05, 0.1) is 21.8 Å². The number of halogens is 1. The van der Waals surface area contributed by atoms with Crippen LogP contribution in [-0.4, -0.2) is 59.1 Å². The van der Waals surface area contributed by atoms with Crippen molar-refractivity contribution in [2.45, 2.75) is 17.7 Å². The molecule has 33 heavy (non-hydrogen) atoms. The van der Waals surface area contributed by atoms with Crippen molar-refractivity contribution in [1.29, 1.82) is 0 Å². The summed E-state index contributed by atoms with van der Waals surface area (Å²) in [5, 5.41) is 7.05. The van der Waals surface area contributed by atoms with Crippen LogP contribution in [0.2, 0.25) is 5.02 Å². The maximum Gasteiger partial charge on any atom is 0.338 e. The SMILES string of the molecule is O=C(COC(=O)c1cccc(S(=O)(=O)N2CCCC2)c1)Nc1cc(Cl)ccc1-n1cncn1. The largest absolute Gasteiger partial charge is 0.452 e. The molecule has 1 aliphatic heterocycles. The lowest BCUT2D eigenvalue weighted by atomic mass is 10.2. The molecule has 4 rings (SSSR count). The van der Waals surface area contributed by atoms with Gasteiger partial charge in [-0.05, 0) is 49.2 Å². The van der Waals surface area contributed by atoms with Crippen LogP contribution in [0.25, 0.3) is 5.69 Å². The molecule has 172 valence electrons. The number of rotatable bonds is 7. The first-order valence-corrected chi connectivity index (χ1v) is 11.9. The molecule has 1 N–H and O–H groups in total. The molecule has 12 heteroatoms. The summed E-state index contributed by atoms with van der Waals surface area (Å²) in [5.74, 6) is -1.42. The number of hydrogen-bond acceptors (Lipinski definition) is 7. The van der Waals surface area contributed by atoms with Gasteiger partial charge in [0.15, 0.2) is 6.61 Å². The van der Waals surface area contributed by atoms with Gasteiger partial charge < -0.3 is 10.1 Å². The molecule has 0 spiro atoms. The van der Waals surface area contributed by atoms with Crippen LogP contribution in [0.3, 0.4) is 0 Å². The summed E-state index contributed by atoms with van der Waals surface area (Å²) >= 11 is 6.03. The number of ether oxygens (including phenoxy) is 1.